The van der Waals surface area contributed by atoms with Crippen LogP contribution in [0.5, 0.6) is 5.75 Å². The first-order valence-electron chi connectivity index (χ1n) is 5.23. The van der Waals surface area contributed by atoms with Gasteiger partial charge in [-0.15, -0.1) is 0 Å². The minimum Gasteiger partial charge on any atom is -0.486 e. The van der Waals surface area contributed by atoms with Gasteiger partial charge in [0.25, 0.3) is 0 Å². The van der Waals surface area contributed by atoms with Crippen molar-refractivity contribution in [1.29, 1.82) is 0 Å². The second kappa shape index (κ2) is 4.96. The molecule has 0 aliphatic heterocycles. The zero-order chi connectivity index (χ0) is 11.4. The minimum absolute atomic E-state index is 0.0385. The Hall–Kier alpha value is -1.31. The van der Waals surface area contributed by atoms with Gasteiger partial charge in [-0.2, -0.15) is 0 Å². The van der Waals surface area contributed by atoms with Crippen molar-refractivity contribution in [2.24, 2.45) is 5.92 Å². The van der Waals surface area contributed by atoms with E-state index in [1.807, 2.05) is 39.0 Å². The van der Waals surface area contributed by atoms with E-state index in [4.69, 9.17) is 4.74 Å². The highest BCUT2D eigenvalue weighted by Gasteiger charge is 2.07. The summed E-state index contributed by atoms with van der Waals surface area (Å²) in [4.78, 5) is 11.3. The van der Waals surface area contributed by atoms with E-state index < -0.39 is 0 Å². The molecule has 0 atom stereocenters. The van der Waals surface area contributed by atoms with Gasteiger partial charge in [-0.1, -0.05) is 19.9 Å². The molecule has 0 heterocycles. The quantitative estimate of drug-likeness (QED) is 0.757. The van der Waals surface area contributed by atoms with Gasteiger partial charge in [0.2, 0.25) is 0 Å². The van der Waals surface area contributed by atoms with Crippen LogP contribution in [-0.4, -0.2) is 12.4 Å². The van der Waals surface area contributed by atoms with Crippen LogP contribution in [0.15, 0.2) is 18.2 Å². The lowest BCUT2D eigenvalue weighted by molar-refractivity contribution is -0.123. The molecule has 0 unspecified atom stereocenters. The number of hydrogen-bond acceptors (Lipinski definition) is 2. The van der Waals surface area contributed by atoms with E-state index in [9.17, 15) is 4.79 Å². The third-order valence-electron chi connectivity index (χ3n) is 2.50. The third kappa shape index (κ3) is 3.39. The molecule has 1 aromatic rings. The van der Waals surface area contributed by atoms with Crippen molar-refractivity contribution in [3.63, 3.8) is 0 Å². The maximum Gasteiger partial charge on any atom is 0.172 e. The Morgan fingerprint density at radius 3 is 2.47 bits per heavy atom. The first kappa shape index (κ1) is 11.8. The molecule has 0 saturated heterocycles. The van der Waals surface area contributed by atoms with E-state index in [1.54, 1.807) is 0 Å². The van der Waals surface area contributed by atoms with Crippen LogP contribution < -0.4 is 4.74 Å². The molecule has 0 aromatic heterocycles. The van der Waals surface area contributed by atoms with Gasteiger partial charge >= 0.3 is 0 Å². The smallest absolute Gasteiger partial charge is 0.172 e. The van der Waals surface area contributed by atoms with Crippen LogP contribution in [0, 0.1) is 19.8 Å². The second-order valence-electron chi connectivity index (χ2n) is 4.16. The fraction of sp³-hybridized carbons (Fsp3) is 0.462. The summed E-state index contributed by atoms with van der Waals surface area (Å²) in [7, 11) is 0. The van der Waals surface area contributed by atoms with Crippen LogP contribution in [0.4, 0.5) is 0 Å². The van der Waals surface area contributed by atoms with E-state index in [0.717, 1.165) is 5.75 Å². The summed E-state index contributed by atoms with van der Waals surface area (Å²) >= 11 is 0. The summed E-state index contributed by atoms with van der Waals surface area (Å²) in [5.74, 6) is 0.942. The van der Waals surface area contributed by atoms with Crippen molar-refractivity contribution in [3.8, 4) is 5.75 Å². The van der Waals surface area contributed by atoms with Crippen LogP contribution in [0.25, 0.3) is 0 Å². The van der Waals surface area contributed by atoms with Gasteiger partial charge in [-0.3, -0.25) is 4.79 Å². The van der Waals surface area contributed by atoms with Crippen molar-refractivity contribution < 1.29 is 9.53 Å². The molecule has 0 radical (unpaired) electrons. The molecule has 1 aromatic carbocycles. The summed E-state index contributed by atoms with van der Waals surface area (Å²) in [6.07, 6.45) is 0. The van der Waals surface area contributed by atoms with Gasteiger partial charge in [0.15, 0.2) is 5.78 Å². The topological polar surface area (TPSA) is 26.3 Å². The summed E-state index contributed by atoms with van der Waals surface area (Å²) in [6, 6.07) is 5.86. The summed E-state index contributed by atoms with van der Waals surface area (Å²) < 4.78 is 5.42. The lowest BCUT2D eigenvalue weighted by Gasteiger charge is -2.08. The minimum atomic E-state index is 0.0385. The third-order valence-corrected chi connectivity index (χ3v) is 2.50. The Morgan fingerprint density at radius 1 is 1.27 bits per heavy atom. The highest BCUT2D eigenvalue weighted by atomic mass is 16.5. The molecule has 15 heavy (non-hydrogen) atoms. The van der Waals surface area contributed by atoms with E-state index in [0.29, 0.717) is 0 Å². The number of ketones is 1. The Bertz CT molecular complexity index is 354. The van der Waals surface area contributed by atoms with Crippen LogP contribution in [0.1, 0.15) is 25.0 Å². The van der Waals surface area contributed by atoms with Gasteiger partial charge in [-0.25, -0.2) is 0 Å². The van der Waals surface area contributed by atoms with Crippen LogP contribution in [0.2, 0.25) is 0 Å². The maximum absolute atomic E-state index is 11.3. The molecule has 0 aliphatic carbocycles. The monoisotopic (exact) mass is 206 g/mol. The van der Waals surface area contributed by atoms with E-state index >= 15 is 0 Å². The zero-order valence-electron chi connectivity index (χ0n) is 9.83. The Labute approximate surface area is 91.3 Å². The highest BCUT2D eigenvalue weighted by Crippen LogP contribution is 2.16. The molecule has 0 fully saturated rings. The normalized spacial score (nSPS) is 10.5. The van der Waals surface area contributed by atoms with E-state index in [2.05, 4.69) is 6.92 Å². The van der Waals surface area contributed by atoms with E-state index in [1.165, 1.54) is 11.1 Å². The number of rotatable bonds is 4. The van der Waals surface area contributed by atoms with Gasteiger partial charge in [-0.05, 0) is 37.1 Å². The number of hydrogen-bond donors (Lipinski definition) is 0. The molecule has 0 amide bonds. The molecule has 82 valence electrons. The Balaban J connectivity index is 2.58. The molecule has 0 bridgehead atoms. The lowest BCUT2D eigenvalue weighted by atomic mass is 10.1. The molecule has 1 rings (SSSR count). The van der Waals surface area contributed by atoms with Gasteiger partial charge in [0, 0.05) is 5.92 Å². The Morgan fingerprint density at radius 2 is 1.93 bits per heavy atom. The average molecular weight is 206 g/mol. The van der Waals surface area contributed by atoms with Crippen molar-refractivity contribution in [1.82, 2.24) is 0 Å². The fourth-order valence-corrected chi connectivity index (χ4v) is 1.12. The molecule has 0 spiro atoms. The molecule has 2 nitrogen and oxygen atoms in total. The Kier molecular flexibility index (Phi) is 3.89. The average Bonchev–Trinajstić information content (AvgIpc) is 2.19. The van der Waals surface area contributed by atoms with E-state index in [-0.39, 0.29) is 18.3 Å². The zero-order valence-corrected chi connectivity index (χ0v) is 9.83. The van der Waals surface area contributed by atoms with Crippen molar-refractivity contribution in [2.45, 2.75) is 27.7 Å². The molecular weight excluding hydrogens is 188 g/mol. The van der Waals surface area contributed by atoms with Gasteiger partial charge < -0.3 is 4.74 Å². The number of benzene rings is 1. The van der Waals surface area contributed by atoms with Crippen molar-refractivity contribution in [2.75, 3.05) is 6.61 Å². The molecular formula is C13H18O2. The van der Waals surface area contributed by atoms with Crippen LogP contribution in [0.3, 0.4) is 0 Å². The number of carbonyl (C=O) groups excluding carboxylic acids is 1. The SMILES string of the molecule is Cc1ccc(OCC(=O)C(C)C)cc1C. The maximum atomic E-state index is 11.3. The van der Waals surface area contributed by atoms with Gasteiger partial charge in [0.1, 0.15) is 12.4 Å². The van der Waals surface area contributed by atoms with Crippen molar-refractivity contribution >= 4 is 5.78 Å². The highest BCUT2D eigenvalue weighted by molar-refractivity contribution is 5.81. The molecule has 0 N–H and O–H groups in total. The fourth-order valence-electron chi connectivity index (χ4n) is 1.12. The number of carbonyl (C=O) groups is 1. The van der Waals surface area contributed by atoms with Gasteiger partial charge in [0.05, 0.1) is 0 Å². The lowest BCUT2D eigenvalue weighted by Crippen LogP contribution is -2.16. The van der Waals surface area contributed by atoms with Crippen LogP contribution >= 0.6 is 0 Å². The van der Waals surface area contributed by atoms with Crippen LogP contribution in [-0.2, 0) is 4.79 Å². The number of aryl methyl sites for hydroxylation is 2. The second-order valence-corrected chi connectivity index (χ2v) is 4.16. The summed E-state index contributed by atoms with van der Waals surface area (Å²) in [5, 5.41) is 0. The summed E-state index contributed by atoms with van der Waals surface area (Å²) in [6.45, 7) is 8.02. The predicted octanol–water partition coefficient (Wildman–Crippen LogP) is 2.91. The molecule has 0 aliphatic rings. The predicted molar refractivity (Wildman–Crippen MR) is 61.3 cm³/mol. The first-order valence-corrected chi connectivity index (χ1v) is 5.23. The largest absolute Gasteiger partial charge is 0.486 e. The van der Waals surface area contributed by atoms with Crippen molar-refractivity contribution in [3.05, 3.63) is 29.3 Å². The standard InChI is InChI=1S/C13H18O2/c1-9(2)13(14)8-15-12-6-5-10(3)11(4)7-12/h5-7,9H,8H2,1-4H3. The summed E-state index contributed by atoms with van der Waals surface area (Å²) in [5.41, 5.74) is 2.42. The first-order chi connectivity index (χ1) is 7.00. The number of Topliss-reactive ketones (excluding diaryl/α,β-unsaturated/α-hetero) is 1. The molecule has 0 saturated carbocycles. The number of ether oxygens (including phenoxy) is 1. The molecule has 2 heteroatoms.